The van der Waals surface area contributed by atoms with E-state index < -0.39 is 5.97 Å². The second-order valence-electron chi connectivity index (χ2n) is 10.3. The molecule has 0 radical (unpaired) electrons. The lowest BCUT2D eigenvalue weighted by Gasteiger charge is -2.11. The molecule has 0 bridgehead atoms. The van der Waals surface area contributed by atoms with Gasteiger partial charge >= 0.3 is 5.97 Å². The Labute approximate surface area is 257 Å². The standard InChI is InChI=1S/C35H27N5O5/c1-21-17-24-11-14-26(36-25-12-9-23(10-13-25)35(42)43)19-30(24)34(41)33(21)40-39-32-16-15-31(28-7-2-3-8-29(28)32)38-37-27-6-4-5-22(18-27)20-45-44/h2-19,36,41,44H,20H2,1H3,(H,42,43). The minimum Gasteiger partial charge on any atom is -0.505 e. The van der Waals surface area contributed by atoms with Gasteiger partial charge in [0.25, 0.3) is 0 Å². The van der Waals surface area contributed by atoms with Crippen molar-refractivity contribution in [1.29, 1.82) is 0 Å². The average Bonchev–Trinajstić information content (AvgIpc) is 3.05. The molecule has 0 saturated heterocycles. The zero-order valence-electron chi connectivity index (χ0n) is 24.0. The van der Waals surface area contributed by atoms with Crippen molar-refractivity contribution in [3.8, 4) is 5.75 Å². The van der Waals surface area contributed by atoms with Gasteiger partial charge in [0, 0.05) is 27.5 Å². The molecule has 0 fully saturated rings. The second-order valence-corrected chi connectivity index (χ2v) is 10.3. The van der Waals surface area contributed by atoms with Gasteiger partial charge in [-0.15, -0.1) is 15.3 Å². The number of nitrogens with zero attached hydrogens (tertiary/aromatic N) is 4. The number of azo groups is 2. The van der Waals surface area contributed by atoms with Crippen LogP contribution >= 0.6 is 0 Å². The van der Waals surface area contributed by atoms with E-state index in [9.17, 15) is 9.90 Å². The van der Waals surface area contributed by atoms with Crippen LogP contribution in [0.25, 0.3) is 21.5 Å². The fraction of sp³-hybridized carbons (Fsp3) is 0.0571. The topological polar surface area (TPSA) is 148 Å². The van der Waals surface area contributed by atoms with Crippen molar-refractivity contribution in [1.82, 2.24) is 0 Å². The minimum atomic E-state index is -0.989. The first-order valence-corrected chi connectivity index (χ1v) is 14.0. The van der Waals surface area contributed by atoms with Gasteiger partial charge in [-0.05, 0) is 90.2 Å². The molecule has 0 aliphatic carbocycles. The minimum absolute atomic E-state index is 0.00202. The maximum absolute atomic E-state index is 11.3. The van der Waals surface area contributed by atoms with Crippen LogP contribution in [0.4, 0.5) is 34.1 Å². The number of nitrogens with one attached hydrogen (secondary N) is 1. The highest BCUT2D eigenvalue weighted by Crippen LogP contribution is 2.41. The number of aromatic carboxylic acids is 1. The summed E-state index contributed by atoms with van der Waals surface area (Å²) in [6.07, 6.45) is 0. The predicted octanol–water partition coefficient (Wildman–Crippen LogP) is 10.3. The number of aryl methyl sites for hydroxylation is 1. The summed E-state index contributed by atoms with van der Waals surface area (Å²) in [4.78, 5) is 15.4. The highest BCUT2D eigenvalue weighted by atomic mass is 17.1. The van der Waals surface area contributed by atoms with E-state index in [1.54, 1.807) is 24.3 Å². The van der Waals surface area contributed by atoms with Crippen molar-refractivity contribution in [2.75, 3.05) is 5.32 Å². The lowest BCUT2D eigenvalue weighted by molar-refractivity contribution is -0.253. The van der Waals surface area contributed by atoms with Crippen LogP contribution in [0.5, 0.6) is 5.75 Å². The quantitative estimate of drug-likeness (QED) is 0.0740. The molecule has 0 aliphatic heterocycles. The molecule has 10 nitrogen and oxygen atoms in total. The average molecular weight is 598 g/mol. The summed E-state index contributed by atoms with van der Waals surface area (Å²) in [6, 6.07) is 32.5. The van der Waals surface area contributed by atoms with Crippen LogP contribution in [-0.4, -0.2) is 21.4 Å². The molecular formula is C35H27N5O5. The summed E-state index contributed by atoms with van der Waals surface area (Å²) >= 11 is 0. The number of carbonyl (C=O) groups is 1. The summed E-state index contributed by atoms with van der Waals surface area (Å²) in [5, 5.41) is 53.3. The lowest BCUT2D eigenvalue weighted by atomic mass is 10.0. The molecule has 0 aliphatic rings. The van der Waals surface area contributed by atoms with E-state index in [1.807, 2.05) is 79.7 Å². The van der Waals surface area contributed by atoms with Crippen molar-refractivity contribution >= 4 is 61.6 Å². The number of rotatable bonds is 9. The number of hydrogen-bond acceptors (Lipinski definition) is 9. The fourth-order valence-corrected chi connectivity index (χ4v) is 5.01. The lowest BCUT2D eigenvalue weighted by Crippen LogP contribution is -1.96. The zero-order chi connectivity index (χ0) is 31.3. The van der Waals surface area contributed by atoms with Gasteiger partial charge < -0.3 is 15.5 Å². The third kappa shape index (κ3) is 6.37. The Kier molecular flexibility index (Phi) is 8.23. The normalized spacial score (nSPS) is 11.6. The van der Waals surface area contributed by atoms with E-state index in [1.165, 1.54) is 12.1 Å². The molecule has 10 heteroatoms. The number of benzene rings is 6. The summed E-state index contributed by atoms with van der Waals surface area (Å²) in [7, 11) is 0. The third-order valence-electron chi connectivity index (χ3n) is 7.25. The van der Waals surface area contributed by atoms with Crippen LogP contribution in [0, 0.1) is 6.92 Å². The van der Waals surface area contributed by atoms with E-state index in [0.717, 1.165) is 33.0 Å². The van der Waals surface area contributed by atoms with Gasteiger partial charge in [0.2, 0.25) is 0 Å². The van der Waals surface area contributed by atoms with Crippen LogP contribution in [0.15, 0.2) is 130 Å². The Morgan fingerprint density at radius 1 is 0.733 bits per heavy atom. The third-order valence-corrected chi connectivity index (χ3v) is 7.25. The smallest absolute Gasteiger partial charge is 0.335 e. The molecule has 0 unspecified atom stereocenters. The van der Waals surface area contributed by atoms with E-state index in [2.05, 4.69) is 30.7 Å². The van der Waals surface area contributed by atoms with Crippen molar-refractivity contribution in [2.45, 2.75) is 13.5 Å². The molecule has 6 rings (SSSR count). The predicted molar refractivity (Wildman–Crippen MR) is 173 cm³/mol. The van der Waals surface area contributed by atoms with Crippen molar-refractivity contribution in [3.05, 3.63) is 126 Å². The molecular weight excluding hydrogens is 570 g/mol. The highest BCUT2D eigenvalue weighted by molar-refractivity contribution is 6.00. The fourth-order valence-electron chi connectivity index (χ4n) is 5.01. The Balaban J connectivity index is 1.30. The Morgan fingerprint density at radius 2 is 1.42 bits per heavy atom. The van der Waals surface area contributed by atoms with Crippen molar-refractivity contribution in [2.24, 2.45) is 20.5 Å². The monoisotopic (exact) mass is 597 g/mol. The van der Waals surface area contributed by atoms with Gasteiger partial charge in [0.05, 0.1) is 22.6 Å². The van der Waals surface area contributed by atoms with Gasteiger partial charge in [-0.2, -0.15) is 5.11 Å². The van der Waals surface area contributed by atoms with Crippen LogP contribution in [-0.2, 0) is 11.5 Å². The number of fused-ring (bicyclic) bond motifs is 2. The molecule has 45 heavy (non-hydrogen) atoms. The molecule has 0 amide bonds. The zero-order valence-corrected chi connectivity index (χ0v) is 24.0. The number of carboxylic acid groups (broad SMARTS) is 1. The molecule has 0 spiro atoms. The van der Waals surface area contributed by atoms with Crippen molar-refractivity contribution in [3.63, 3.8) is 0 Å². The summed E-state index contributed by atoms with van der Waals surface area (Å²) in [5.41, 5.74) is 5.38. The van der Waals surface area contributed by atoms with Gasteiger partial charge in [-0.3, -0.25) is 5.26 Å². The first-order valence-electron chi connectivity index (χ1n) is 14.0. The maximum Gasteiger partial charge on any atom is 0.335 e. The molecule has 0 aromatic heterocycles. The van der Waals surface area contributed by atoms with Gasteiger partial charge in [-0.25, -0.2) is 9.68 Å². The molecule has 0 saturated carbocycles. The van der Waals surface area contributed by atoms with Gasteiger partial charge in [-0.1, -0.05) is 42.5 Å². The van der Waals surface area contributed by atoms with E-state index in [-0.39, 0.29) is 17.9 Å². The van der Waals surface area contributed by atoms with Gasteiger partial charge in [0.15, 0.2) is 5.75 Å². The Hall–Kier alpha value is -5.97. The molecule has 4 N–H and O–H groups in total. The number of aromatic hydroxyl groups is 1. The number of hydrogen-bond donors (Lipinski definition) is 4. The van der Waals surface area contributed by atoms with Crippen LogP contribution in [0.2, 0.25) is 0 Å². The summed E-state index contributed by atoms with van der Waals surface area (Å²) < 4.78 is 0. The van der Waals surface area contributed by atoms with Gasteiger partial charge in [0.1, 0.15) is 12.3 Å². The molecule has 6 aromatic rings. The van der Waals surface area contributed by atoms with Crippen LogP contribution in [0.3, 0.4) is 0 Å². The first kappa shape index (κ1) is 29.1. The largest absolute Gasteiger partial charge is 0.505 e. The second kappa shape index (κ2) is 12.7. The Bertz CT molecular complexity index is 2110. The molecule has 0 atom stereocenters. The van der Waals surface area contributed by atoms with E-state index in [4.69, 9.17) is 10.4 Å². The number of phenolic OH excluding ortho intramolecular Hbond substituents is 1. The maximum atomic E-state index is 11.3. The number of carboxylic acids is 1. The molecule has 0 heterocycles. The summed E-state index contributed by atoms with van der Waals surface area (Å²) in [5.74, 6) is -0.987. The van der Waals surface area contributed by atoms with E-state index >= 15 is 0 Å². The molecule has 6 aromatic carbocycles. The first-order chi connectivity index (χ1) is 21.9. The SMILES string of the molecule is Cc1cc2ccc(Nc3ccc(C(=O)O)cc3)cc2c(O)c1N=Nc1ccc(N=Nc2cccc(COO)c2)c2ccccc12. The van der Waals surface area contributed by atoms with Crippen molar-refractivity contribution < 1.29 is 25.2 Å². The van der Waals surface area contributed by atoms with E-state index in [0.29, 0.717) is 33.8 Å². The van der Waals surface area contributed by atoms with Crippen LogP contribution in [0.1, 0.15) is 21.5 Å². The summed E-state index contributed by atoms with van der Waals surface area (Å²) in [6.45, 7) is 1.92. The Morgan fingerprint density at radius 3 is 2.11 bits per heavy atom. The number of phenols is 1. The van der Waals surface area contributed by atoms with Crippen LogP contribution < -0.4 is 5.32 Å². The highest BCUT2D eigenvalue weighted by Gasteiger charge is 2.13. The number of anilines is 2. The molecule has 222 valence electrons.